The fourth-order valence-corrected chi connectivity index (χ4v) is 4.00. The Balaban J connectivity index is 1.50. The van der Waals surface area contributed by atoms with Gasteiger partial charge in [0.05, 0.1) is 20.3 Å². The van der Waals surface area contributed by atoms with E-state index in [0.29, 0.717) is 30.2 Å². The van der Waals surface area contributed by atoms with E-state index in [9.17, 15) is 9.59 Å². The molecule has 2 aliphatic rings. The first-order valence-corrected chi connectivity index (χ1v) is 10.0. The van der Waals surface area contributed by atoms with E-state index in [2.05, 4.69) is 5.32 Å². The van der Waals surface area contributed by atoms with E-state index in [1.165, 1.54) is 0 Å². The van der Waals surface area contributed by atoms with Crippen molar-refractivity contribution in [2.45, 2.75) is 63.6 Å². The molecule has 0 aromatic heterocycles. The Morgan fingerprint density at radius 1 is 1.14 bits per heavy atom. The van der Waals surface area contributed by atoms with E-state index >= 15 is 0 Å². The van der Waals surface area contributed by atoms with Gasteiger partial charge < -0.3 is 24.4 Å². The summed E-state index contributed by atoms with van der Waals surface area (Å²) in [6.07, 6.45) is 4.87. The van der Waals surface area contributed by atoms with Gasteiger partial charge in [-0.3, -0.25) is 9.59 Å². The average Bonchev–Trinajstić information content (AvgIpc) is 3.14. The molecule has 154 valence electrons. The topological polar surface area (TPSA) is 77.1 Å². The Kier molecular flexibility index (Phi) is 6.65. The first-order valence-electron chi connectivity index (χ1n) is 10.0. The zero-order valence-corrected chi connectivity index (χ0v) is 16.9. The number of carbonyl (C=O) groups is 2. The van der Waals surface area contributed by atoms with Gasteiger partial charge in [0, 0.05) is 19.0 Å². The molecule has 1 unspecified atom stereocenters. The monoisotopic (exact) mass is 390 g/mol. The predicted octanol–water partition coefficient (Wildman–Crippen LogP) is 2.52. The van der Waals surface area contributed by atoms with Gasteiger partial charge in [0.1, 0.15) is 6.04 Å². The summed E-state index contributed by atoms with van der Waals surface area (Å²) in [4.78, 5) is 26.0. The summed E-state index contributed by atoms with van der Waals surface area (Å²) in [5.41, 5.74) is 0. The molecule has 2 fully saturated rings. The number of methoxy groups -OCH3 is 2. The van der Waals surface area contributed by atoms with Gasteiger partial charge in [0.2, 0.25) is 17.6 Å². The van der Waals surface area contributed by atoms with Crippen molar-refractivity contribution >= 4 is 11.8 Å². The van der Waals surface area contributed by atoms with Gasteiger partial charge in [0.15, 0.2) is 11.5 Å². The first kappa shape index (κ1) is 20.3. The fourth-order valence-electron chi connectivity index (χ4n) is 4.00. The molecule has 28 heavy (non-hydrogen) atoms. The van der Waals surface area contributed by atoms with Crippen molar-refractivity contribution in [2.24, 2.45) is 0 Å². The Bertz CT molecular complexity index is 700. The van der Waals surface area contributed by atoms with E-state index in [1.54, 1.807) is 19.1 Å². The van der Waals surface area contributed by atoms with E-state index in [-0.39, 0.29) is 24.0 Å². The maximum Gasteiger partial charge on any atom is 0.242 e. The highest BCUT2D eigenvalue weighted by atomic mass is 16.5. The molecule has 1 N–H and O–H groups in total. The Hall–Kier alpha value is -2.44. The van der Waals surface area contributed by atoms with Crippen molar-refractivity contribution < 1.29 is 23.8 Å². The quantitative estimate of drug-likeness (QED) is 0.774. The van der Waals surface area contributed by atoms with Crippen LogP contribution < -0.4 is 19.5 Å². The minimum Gasteiger partial charge on any atom is -0.493 e. The molecule has 2 amide bonds. The third-order valence-corrected chi connectivity index (χ3v) is 5.64. The minimum absolute atomic E-state index is 0.0610. The van der Waals surface area contributed by atoms with Crippen LogP contribution in [0.3, 0.4) is 0 Å². The SMILES string of the molecule is COc1cccc(OC2CCC(NC(=O)C(C)N3CCCC3=O)CC2)c1OC. The summed E-state index contributed by atoms with van der Waals surface area (Å²) in [6.45, 7) is 2.48. The lowest BCUT2D eigenvalue weighted by molar-refractivity contribution is -0.137. The molecule has 1 aliphatic carbocycles. The van der Waals surface area contributed by atoms with Gasteiger partial charge in [-0.05, 0) is 51.2 Å². The van der Waals surface area contributed by atoms with E-state index in [0.717, 1.165) is 32.1 Å². The summed E-state index contributed by atoms with van der Waals surface area (Å²) >= 11 is 0. The van der Waals surface area contributed by atoms with Gasteiger partial charge in [0.25, 0.3) is 0 Å². The number of carbonyl (C=O) groups excluding carboxylic acids is 2. The van der Waals surface area contributed by atoms with Gasteiger partial charge in [-0.2, -0.15) is 0 Å². The van der Waals surface area contributed by atoms with Crippen LogP contribution in [0.25, 0.3) is 0 Å². The molecule has 1 saturated heterocycles. The molecule has 1 aromatic rings. The molecule has 1 saturated carbocycles. The number of ether oxygens (including phenoxy) is 3. The molecule has 0 radical (unpaired) electrons. The summed E-state index contributed by atoms with van der Waals surface area (Å²) in [7, 11) is 3.20. The molecular formula is C21H30N2O5. The molecule has 1 aromatic carbocycles. The number of hydrogen-bond acceptors (Lipinski definition) is 5. The third-order valence-electron chi connectivity index (χ3n) is 5.64. The second-order valence-corrected chi connectivity index (χ2v) is 7.46. The zero-order chi connectivity index (χ0) is 20.1. The fraction of sp³-hybridized carbons (Fsp3) is 0.619. The van der Waals surface area contributed by atoms with Crippen LogP contribution in [-0.4, -0.2) is 55.7 Å². The molecule has 0 bridgehead atoms. The lowest BCUT2D eigenvalue weighted by Gasteiger charge is -2.32. The van der Waals surface area contributed by atoms with Crippen LogP contribution in [0.5, 0.6) is 17.2 Å². The van der Waals surface area contributed by atoms with Crippen molar-refractivity contribution in [3.05, 3.63) is 18.2 Å². The maximum atomic E-state index is 12.5. The average molecular weight is 390 g/mol. The number of rotatable bonds is 7. The molecule has 7 heteroatoms. The van der Waals surface area contributed by atoms with Crippen LogP contribution in [-0.2, 0) is 9.59 Å². The number of likely N-dealkylation sites (tertiary alicyclic amines) is 1. The predicted molar refractivity (Wildman–Crippen MR) is 105 cm³/mol. The number of nitrogens with one attached hydrogen (secondary N) is 1. The lowest BCUT2D eigenvalue weighted by Crippen LogP contribution is -2.49. The summed E-state index contributed by atoms with van der Waals surface area (Å²) in [5.74, 6) is 1.94. The van der Waals surface area contributed by atoms with Crippen LogP contribution in [0, 0.1) is 0 Å². The molecular weight excluding hydrogens is 360 g/mol. The van der Waals surface area contributed by atoms with Gasteiger partial charge in [-0.1, -0.05) is 6.07 Å². The highest BCUT2D eigenvalue weighted by Crippen LogP contribution is 2.38. The van der Waals surface area contributed by atoms with Crippen molar-refractivity contribution in [1.82, 2.24) is 10.2 Å². The van der Waals surface area contributed by atoms with Crippen LogP contribution in [0.15, 0.2) is 18.2 Å². The molecule has 1 aliphatic heterocycles. The van der Waals surface area contributed by atoms with E-state index in [1.807, 2.05) is 25.1 Å². The van der Waals surface area contributed by atoms with Gasteiger partial charge in [-0.25, -0.2) is 0 Å². The first-order chi connectivity index (χ1) is 13.5. The van der Waals surface area contributed by atoms with E-state index in [4.69, 9.17) is 14.2 Å². The van der Waals surface area contributed by atoms with Crippen molar-refractivity contribution in [1.29, 1.82) is 0 Å². The van der Waals surface area contributed by atoms with Gasteiger partial charge in [-0.15, -0.1) is 0 Å². The molecule has 3 rings (SSSR count). The Morgan fingerprint density at radius 3 is 2.46 bits per heavy atom. The molecule has 1 atom stereocenters. The Morgan fingerprint density at radius 2 is 1.86 bits per heavy atom. The zero-order valence-electron chi connectivity index (χ0n) is 16.9. The highest BCUT2D eigenvalue weighted by molar-refractivity contribution is 5.88. The van der Waals surface area contributed by atoms with Crippen LogP contribution in [0.2, 0.25) is 0 Å². The van der Waals surface area contributed by atoms with E-state index < -0.39 is 6.04 Å². The second-order valence-electron chi connectivity index (χ2n) is 7.46. The standard InChI is InChI=1S/C21H30N2O5/c1-14(23-13-5-8-19(23)24)21(25)22-15-9-11-16(12-10-15)28-18-7-4-6-17(26-2)20(18)27-3/h4,6-7,14-16H,5,8-13H2,1-3H3,(H,22,25). The third kappa shape index (κ3) is 4.51. The number of hydrogen-bond donors (Lipinski definition) is 1. The normalized spacial score (nSPS) is 23.2. The summed E-state index contributed by atoms with van der Waals surface area (Å²) in [5, 5.41) is 3.11. The number of para-hydroxylation sites is 1. The molecule has 1 heterocycles. The largest absolute Gasteiger partial charge is 0.493 e. The number of benzene rings is 1. The van der Waals surface area contributed by atoms with Crippen molar-refractivity contribution in [3.63, 3.8) is 0 Å². The van der Waals surface area contributed by atoms with Crippen molar-refractivity contribution in [2.75, 3.05) is 20.8 Å². The number of amides is 2. The van der Waals surface area contributed by atoms with Crippen LogP contribution in [0.1, 0.15) is 45.4 Å². The van der Waals surface area contributed by atoms with Crippen LogP contribution >= 0.6 is 0 Å². The van der Waals surface area contributed by atoms with Crippen LogP contribution in [0.4, 0.5) is 0 Å². The minimum atomic E-state index is -0.398. The highest BCUT2D eigenvalue weighted by Gasteiger charge is 2.31. The molecule has 0 spiro atoms. The van der Waals surface area contributed by atoms with Crippen molar-refractivity contribution in [3.8, 4) is 17.2 Å². The summed E-state index contributed by atoms with van der Waals surface area (Å²) in [6, 6.07) is 5.32. The van der Waals surface area contributed by atoms with Gasteiger partial charge >= 0.3 is 0 Å². The molecule has 7 nitrogen and oxygen atoms in total. The summed E-state index contributed by atoms with van der Waals surface area (Å²) < 4.78 is 16.9. The lowest BCUT2D eigenvalue weighted by atomic mass is 9.92. The smallest absolute Gasteiger partial charge is 0.242 e. The second kappa shape index (κ2) is 9.17. The Labute approximate surface area is 166 Å². The maximum absolute atomic E-state index is 12.5. The number of nitrogens with zero attached hydrogens (tertiary/aromatic N) is 1.